The summed E-state index contributed by atoms with van der Waals surface area (Å²) in [6, 6.07) is 0. The van der Waals surface area contributed by atoms with Crippen molar-refractivity contribution in [3.63, 3.8) is 0 Å². The number of hydrogen-bond donors (Lipinski definition) is 3. The van der Waals surface area contributed by atoms with Gasteiger partial charge in [0, 0.05) is 18.4 Å². The number of hydrogen-bond acceptors (Lipinski definition) is 2. The van der Waals surface area contributed by atoms with Crippen LogP contribution in [-0.2, 0) is 6.54 Å². The van der Waals surface area contributed by atoms with E-state index >= 15 is 0 Å². The lowest BCUT2D eigenvalue weighted by molar-refractivity contribution is 0.735. The minimum atomic E-state index is 0.737. The third kappa shape index (κ3) is 1.20. The Kier molecular flexibility index (Phi) is 2.09. The molecule has 3 heteroatoms. The summed E-state index contributed by atoms with van der Waals surface area (Å²) in [5.74, 6) is 5.19. The van der Waals surface area contributed by atoms with E-state index in [1.165, 1.54) is 16.8 Å². The van der Waals surface area contributed by atoms with E-state index in [9.17, 15) is 0 Å². The van der Waals surface area contributed by atoms with Crippen molar-refractivity contribution in [2.45, 2.75) is 20.4 Å². The van der Waals surface area contributed by atoms with Crippen LogP contribution in [0.1, 0.15) is 16.8 Å². The molecule has 0 bridgehead atoms. The van der Waals surface area contributed by atoms with Gasteiger partial charge in [-0.05, 0) is 25.0 Å². The molecular weight excluding hydrogens is 126 g/mol. The summed E-state index contributed by atoms with van der Waals surface area (Å²) in [6.45, 7) is 4.84. The molecule has 0 spiro atoms. The molecule has 56 valence electrons. The van der Waals surface area contributed by atoms with Crippen molar-refractivity contribution in [2.24, 2.45) is 5.84 Å². The average Bonchev–Trinajstić information content (AvgIpc) is 2.20. The van der Waals surface area contributed by atoms with Gasteiger partial charge in [0.15, 0.2) is 0 Å². The Labute approximate surface area is 60.6 Å². The molecule has 0 radical (unpaired) electrons. The Bertz CT molecular complexity index is 195. The Hall–Kier alpha value is -0.800. The monoisotopic (exact) mass is 139 g/mol. The van der Waals surface area contributed by atoms with Crippen molar-refractivity contribution in [2.75, 3.05) is 0 Å². The zero-order chi connectivity index (χ0) is 7.56. The Morgan fingerprint density at radius 3 is 2.70 bits per heavy atom. The summed E-state index contributed by atoms with van der Waals surface area (Å²) >= 11 is 0. The molecule has 10 heavy (non-hydrogen) atoms. The van der Waals surface area contributed by atoms with E-state index in [0.717, 1.165) is 6.54 Å². The molecule has 1 rings (SSSR count). The van der Waals surface area contributed by atoms with Crippen LogP contribution in [0, 0.1) is 13.8 Å². The van der Waals surface area contributed by atoms with E-state index in [2.05, 4.69) is 17.3 Å². The molecule has 0 saturated carbocycles. The predicted octanol–water partition coefficient (Wildman–Crippen LogP) is 0.595. The molecule has 0 fully saturated rings. The predicted molar refractivity (Wildman–Crippen MR) is 41.3 cm³/mol. The highest BCUT2D eigenvalue weighted by molar-refractivity contribution is 5.28. The van der Waals surface area contributed by atoms with E-state index < -0.39 is 0 Å². The fourth-order valence-electron chi connectivity index (χ4n) is 1.06. The van der Waals surface area contributed by atoms with Gasteiger partial charge in [-0.2, -0.15) is 0 Å². The maximum absolute atomic E-state index is 5.19. The highest BCUT2D eigenvalue weighted by Crippen LogP contribution is 2.10. The van der Waals surface area contributed by atoms with Gasteiger partial charge >= 0.3 is 0 Å². The normalized spacial score (nSPS) is 10.3. The van der Waals surface area contributed by atoms with Crippen LogP contribution in [0.4, 0.5) is 0 Å². The highest BCUT2D eigenvalue weighted by Gasteiger charge is 2.01. The van der Waals surface area contributed by atoms with E-state index in [1.807, 2.05) is 13.1 Å². The maximum atomic E-state index is 5.19. The van der Waals surface area contributed by atoms with E-state index in [-0.39, 0.29) is 0 Å². The van der Waals surface area contributed by atoms with Crippen molar-refractivity contribution in [1.29, 1.82) is 0 Å². The van der Waals surface area contributed by atoms with Gasteiger partial charge in [-0.25, -0.2) is 0 Å². The van der Waals surface area contributed by atoms with Crippen molar-refractivity contribution in [3.8, 4) is 0 Å². The molecule has 0 aliphatic carbocycles. The second-order valence-electron chi connectivity index (χ2n) is 2.46. The first-order valence-corrected chi connectivity index (χ1v) is 3.32. The fourth-order valence-corrected chi connectivity index (χ4v) is 1.06. The molecule has 0 saturated heterocycles. The molecular formula is C7H13N3. The number of nitrogens with one attached hydrogen (secondary N) is 2. The van der Waals surface area contributed by atoms with Gasteiger partial charge < -0.3 is 4.98 Å². The first-order valence-electron chi connectivity index (χ1n) is 3.32. The number of aryl methyl sites for hydroxylation is 2. The number of hydrazine groups is 1. The molecule has 0 aliphatic rings. The topological polar surface area (TPSA) is 53.8 Å². The summed E-state index contributed by atoms with van der Waals surface area (Å²) in [7, 11) is 0. The van der Waals surface area contributed by atoms with Gasteiger partial charge in [0.25, 0.3) is 0 Å². The summed E-state index contributed by atoms with van der Waals surface area (Å²) in [6.07, 6.45) is 1.99. The smallest absolute Gasteiger partial charge is 0.0369 e. The first-order chi connectivity index (χ1) is 4.75. The molecule has 0 amide bonds. The number of aromatic nitrogens is 1. The van der Waals surface area contributed by atoms with Crippen LogP contribution in [-0.4, -0.2) is 4.98 Å². The number of aromatic amines is 1. The van der Waals surface area contributed by atoms with Crippen LogP contribution in [0.5, 0.6) is 0 Å². The quantitative estimate of drug-likeness (QED) is 0.415. The molecule has 0 aliphatic heterocycles. The molecule has 0 aromatic carbocycles. The van der Waals surface area contributed by atoms with Crippen LogP contribution in [0.25, 0.3) is 0 Å². The second-order valence-corrected chi connectivity index (χ2v) is 2.46. The molecule has 3 nitrogen and oxygen atoms in total. The lowest BCUT2D eigenvalue weighted by Crippen LogP contribution is -2.21. The van der Waals surface area contributed by atoms with Crippen LogP contribution in [0.3, 0.4) is 0 Å². The van der Waals surface area contributed by atoms with Crippen LogP contribution in [0.2, 0.25) is 0 Å². The third-order valence-electron chi connectivity index (χ3n) is 1.71. The summed E-state index contributed by atoms with van der Waals surface area (Å²) in [4.78, 5) is 3.13. The fraction of sp³-hybridized carbons (Fsp3) is 0.429. The van der Waals surface area contributed by atoms with Gasteiger partial charge in [0.05, 0.1) is 0 Å². The lowest BCUT2D eigenvalue weighted by atomic mass is 10.2. The SMILES string of the molecule is Cc1c[nH]c(C)c1CNN. The number of H-pyrrole nitrogens is 1. The highest BCUT2D eigenvalue weighted by atomic mass is 15.2. The zero-order valence-electron chi connectivity index (χ0n) is 6.36. The third-order valence-corrected chi connectivity index (χ3v) is 1.71. The van der Waals surface area contributed by atoms with Gasteiger partial charge in [-0.1, -0.05) is 0 Å². The molecule has 1 aromatic rings. The van der Waals surface area contributed by atoms with E-state index in [4.69, 9.17) is 5.84 Å². The Balaban J connectivity index is 2.87. The van der Waals surface area contributed by atoms with Gasteiger partial charge in [-0.15, -0.1) is 0 Å². The van der Waals surface area contributed by atoms with Gasteiger partial charge in [-0.3, -0.25) is 11.3 Å². The minimum Gasteiger partial charge on any atom is -0.365 e. The van der Waals surface area contributed by atoms with Crippen molar-refractivity contribution < 1.29 is 0 Å². The van der Waals surface area contributed by atoms with Crippen molar-refractivity contribution in [3.05, 3.63) is 23.0 Å². The van der Waals surface area contributed by atoms with Crippen LogP contribution < -0.4 is 11.3 Å². The standard InChI is InChI=1S/C7H13N3/c1-5-3-9-6(2)7(5)4-10-8/h3,9-10H,4,8H2,1-2H3. The average molecular weight is 139 g/mol. The largest absolute Gasteiger partial charge is 0.365 e. The minimum absolute atomic E-state index is 0.737. The summed E-state index contributed by atoms with van der Waals surface area (Å²) in [5.41, 5.74) is 6.35. The second kappa shape index (κ2) is 2.86. The molecule has 1 heterocycles. The zero-order valence-corrected chi connectivity index (χ0v) is 6.36. The van der Waals surface area contributed by atoms with Crippen molar-refractivity contribution in [1.82, 2.24) is 10.4 Å². The van der Waals surface area contributed by atoms with Gasteiger partial charge in [0.2, 0.25) is 0 Å². The lowest BCUT2D eigenvalue weighted by Gasteiger charge is -1.98. The first kappa shape index (κ1) is 7.31. The van der Waals surface area contributed by atoms with E-state index in [1.54, 1.807) is 0 Å². The molecule has 0 atom stereocenters. The molecule has 0 unspecified atom stereocenters. The van der Waals surface area contributed by atoms with Gasteiger partial charge in [0.1, 0.15) is 0 Å². The maximum Gasteiger partial charge on any atom is 0.0369 e. The van der Waals surface area contributed by atoms with E-state index in [0.29, 0.717) is 0 Å². The number of nitrogens with two attached hydrogens (primary N) is 1. The molecule has 1 aromatic heterocycles. The number of rotatable bonds is 2. The van der Waals surface area contributed by atoms with Crippen molar-refractivity contribution >= 4 is 0 Å². The van der Waals surface area contributed by atoms with Crippen LogP contribution in [0.15, 0.2) is 6.20 Å². The Morgan fingerprint density at radius 1 is 1.60 bits per heavy atom. The summed E-state index contributed by atoms with van der Waals surface area (Å²) < 4.78 is 0. The Morgan fingerprint density at radius 2 is 2.30 bits per heavy atom. The summed E-state index contributed by atoms with van der Waals surface area (Å²) in [5, 5.41) is 0. The molecule has 4 N–H and O–H groups in total. The van der Waals surface area contributed by atoms with Crippen LogP contribution >= 0.6 is 0 Å².